The van der Waals surface area contributed by atoms with E-state index in [9.17, 15) is 14.4 Å². The quantitative estimate of drug-likeness (QED) is 0.716. The Morgan fingerprint density at radius 1 is 1.23 bits per heavy atom. The minimum atomic E-state index is -0.881. The fourth-order valence-electron chi connectivity index (χ4n) is 3.10. The molecule has 2 amide bonds. The largest absolute Gasteiger partial charge is 0.462 e. The molecule has 2 heterocycles. The first-order chi connectivity index (χ1) is 12.2. The number of carbonyl (C=O) groups excluding carboxylic acids is 3. The Labute approximate surface area is 151 Å². The number of primary amides is 1. The second-order valence-electron chi connectivity index (χ2n) is 6.32. The molecule has 2 atom stereocenters. The number of carbonyl (C=O) groups is 3. The maximum Gasteiger partial charge on any atom is 0.342 e. The summed E-state index contributed by atoms with van der Waals surface area (Å²) in [7, 11) is 0. The first-order valence-electron chi connectivity index (χ1n) is 8.50. The third-order valence-electron chi connectivity index (χ3n) is 3.93. The number of ether oxygens (including phenoxy) is 2. The fraction of sp³-hybridized carbons (Fsp3) is 0.588. The molecule has 0 spiro atoms. The van der Waals surface area contributed by atoms with E-state index in [4.69, 9.17) is 19.6 Å². The molecule has 0 unspecified atom stereocenters. The summed E-state index contributed by atoms with van der Waals surface area (Å²) >= 11 is 0. The molecule has 9 heteroatoms. The number of aryl methyl sites for hydroxylation is 1. The molecule has 0 aromatic carbocycles. The van der Waals surface area contributed by atoms with Crippen LogP contribution in [0.1, 0.15) is 47.2 Å². The topological polar surface area (TPSA) is 124 Å². The first-order valence-corrected chi connectivity index (χ1v) is 8.50. The number of hydrogen-bond donors (Lipinski definition) is 2. The van der Waals surface area contributed by atoms with Crippen LogP contribution in [0.15, 0.2) is 4.42 Å². The van der Waals surface area contributed by atoms with Crippen molar-refractivity contribution in [3.8, 4) is 0 Å². The highest BCUT2D eigenvalue weighted by molar-refractivity contribution is 6.10. The Morgan fingerprint density at radius 2 is 1.85 bits per heavy atom. The second kappa shape index (κ2) is 8.33. The van der Waals surface area contributed by atoms with Gasteiger partial charge in [0, 0.05) is 13.1 Å². The number of morpholine rings is 1. The zero-order chi connectivity index (χ0) is 19.4. The number of nitrogens with zero attached hydrogens (tertiary/aromatic N) is 1. The number of nitrogens with one attached hydrogen (secondary N) is 1. The van der Waals surface area contributed by atoms with Crippen molar-refractivity contribution in [2.45, 2.75) is 39.9 Å². The number of furan rings is 1. The minimum absolute atomic E-state index is 0.0222. The van der Waals surface area contributed by atoms with Gasteiger partial charge in [0.25, 0.3) is 5.91 Å². The highest BCUT2D eigenvalue weighted by Gasteiger charge is 2.30. The smallest absolute Gasteiger partial charge is 0.342 e. The highest BCUT2D eigenvalue weighted by atomic mass is 16.5. The number of hydrogen-bond acceptors (Lipinski definition) is 7. The molecule has 1 aromatic heterocycles. The van der Waals surface area contributed by atoms with Gasteiger partial charge in [-0.05, 0) is 27.7 Å². The third kappa shape index (κ3) is 4.61. The van der Waals surface area contributed by atoms with Crippen molar-refractivity contribution in [3.05, 3.63) is 16.9 Å². The lowest BCUT2D eigenvalue weighted by Gasteiger charge is -2.34. The van der Waals surface area contributed by atoms with E-state index in [2.05, 4.69) is 5.32 Å². The van der Waals surface area contributed by atoms with Gasteiger partial charge >= 0.3 is 5.97 Å². The molecule has 144 valence electrons. The van der Waals surface area contributed by atoms with E-state index in [1.165, 1.54) is 6.92 Å². The average Bonchev–Trinajstić information content (AvgIpc) is 2.82. The van der Waals surface area contributed by atoms with Crippen molar-refractivity contribution >= 4 is 23.7 Å². The van der Waals surface area contributed by atoms with Crippen LogP contribution in [0, 0.1) is 6.92 Å². The standard InChI is InChI=1S/C17H25N3O6/c1-5-24-17(23)13-11(4)26-16(14(13)15(18)22)19-12(21)8-20-6-9(2)25-10(3)7-20/h9-10H,5-8H2,1-4H3,(H2,18,22)(H,19,21)/t9-,10+. The highest BCUT2D eigenvalue weighted by Crippen LogP contribution is 2.27. The second-order valence-corrected chi connectivity index (χ2v) is 6.32. The van der Waals surface area contributed by atoms with E-state index in [0.717, 1.165) is 0 Å². The van der Waals surface area contributed by atoms with E-state index in [1.807, 2.05) is 18.7 Å². The van der Waals surface area contributed by atoms with Crippen LogP contribution < -0.4 is 11.1 Å². The normalized spacial score (nSPS) is 20.6. The van der Waals surface area contributed by atoms with Gasteiger partial charge in [-0.15, -0.1) is 0 Å². The summed E-state index contributed by atoms with van der Waals surface area (Å²) in [5, 5.41) is 2.53. The van der Waals surface area contributed by atoms with Crippen molar-refractivity contribution in [1.29, 1.82) is 0 Å². The van der Waals surface area contributed by atoms with Gasteiger partial charge in [0.1, 0.15) is 16.9 Å². The van der Waals surface area contributed by atoms with Crippen LogP contribution in [0.5, 0.6) is 0 Å². The summed E-state index contributed by atoms with van der Waals surface area (Å²) in [6.45, 7) is 8.49. The zero-order valence-corrected chi connectivity index (χ0v) is 15.5. The summed E-state index contributed by atoms with van der Waals surface area (Å²) in [6, 6.07) is 0. The Bertz CT molecular complexity index is 689. The van der Waals surface area contributed by atoms with Gasteiger partial charge in [-0.1, -0.05) is 0 Å². The Hall–Kier alpha value is -2.39. The van der Waals surface area contributed by atoms with Crippen LogP contribution in [0.3, 0.4) is 0 Å². The predicted octanol–water partition coefficient (Wildman–Crippen LogP) is 0.911. The van der Waals surface area contributed by atoms with Crippen molar-refractivity contribution < 1.29 is 28.3 Å². The maximum atomic E-state index is 12.4. The Morgan fingerprint density at radius 3 is 2.38 bits per heavy atom. The van der Waals surface area contributed by atoms with Crippen LogP contribution in [0.4, 0.5) is 5.88 Å². The summed E-state index contributed by atoms with van der Waals surface area (Å²) in [5.74, 6) is -1.97. The van der Waals surface area contributed by atoms with E-state index in [1.54, 1.807) is 6.92 Å². The van der Waals surface area contributed by atoms with E-state index < -0.39 is 11.9 Å². The van der Waals surface area contributed by atoms with Crippen LogP contribution in [-0.2, 0) is 14.3 Å². The lowest BCUT2D eigenvalue weighted by Crippen LogP contribution is -2.48. The van der Waals surface area contributed by atoms with Gasteiger partial charge in [-0.2, -0.15) is 0 Å². The molecule has 2 rings (SSSR count). The molecule has 26 heavy (non-hydrogen) atoms. The molecule has 0 bridgehead atoms. The van der Waals surface area contributed by atoms with E-state index >= 15 is 0 Å². The van der Waals surface area contributed by atoms with Crippen molar-refractivity contribution in [2.24, 2.45) is 5.73 Å². The minimum Gasteiger partial charge on any atom is -0.462 e. The molecular formula is C17H25N3O6. The molecule has 0 saturated carbocycles. The Balaban J connectivity index is 2.15. The van der Waals surface area contributed by atoms with Crippen molar-refractivity contribution in [2.75, 3.05) is 31.6 Å². The molecule has 0 radical (unpaired) electrons. The molecule has 1 aromatic rings. The first kappa shape index (κ1) is 19.9. The van der Waals surface area contributed by atoms with Gasteiger partial charge in [-0.25, -0.2) is 4.79 Å². The van der Waals surface area contributed by atoms with Crippen molar-refractivity contribution in [1.82, 2.24) is 4.90 Å². The van der Waals surface area contributed by atoms with Crippen LogP contribution in [0.2, 0.25) is 0 Å². The molecular weight excluding hydrogens is 342 g/mol. The summed E-state index contributed by atoms with van der Waals surface area (Å²) in [6.07, 6.45) is 0.0445. The third-order valence-corrected chi connectivity index (χ3v) is 3.93. The monoisotopic (exact) mass is 367 g/mol. The lowest BCUT2D eigenvalue weighted by atomic mass is 10.1. The molecule has 1 fully saturated rings. The van der Waals surface area contributed by atoms with Crippen LogP contribution >= 0.6 is 0 Å². The van der Waals surface area contributed by atoms with Crippen LogP contribution in [0.25, 0.3) is 0 Å². The van der Waals surface area contributed by atoms with E-state index in [-0.39, 0.29) is 54.0 Å². The van der Waals surface area contributed by atoms with Gasteiger partial charge in [-0.3, -0.25) is 19.8 Å². The molecule has 3 N–H and O–H groups in total. The number of amides is 2. The maximum absolute atomic E-state index is 12.4. The predicted molar refractivity (Wildman–Crippen MR) is 93.0 cm³/mol. The van der Waals surface area contributed by atoms with Gasteiger partial charge in [0.2, 0.25) is 11.8 Å². The summed E-state index contributed by atoms with van der Waals surface area (Å²) in [5.41, 5.74) is 5.13. The Kier molecular flexibility index (Phi) is 6.38. The number of esters is 1. The molecule has 9 nitrogen and oxygen atoms in total. The molecule has 1 saturated heterocycles. The van der Waals surface area contributed by atoms with Gasteiger partial charge in [0.15, 0.2) is 0 Å². The summed E-state index contributed by atoms with van der Waals surface area (Å²) in [4.78, 5) is 38.2. The van der Waals surface area contributed by atoms with Crippen LogP contribution in [-0.4, -0.2) is 61.1 Å². The van der Waals surface area contributed by atoms with Gasteiger partial charge < -0.3 is 19.6 Å². The fourth-order valence-corrected chi connectivity index (χ4v) is 3.10. The molecule has 1 aliphatic heterocycles. The average molecular weight is 367 g/mol. The molecule has 0 aliphatic carbocycles. The summed E-state index contributed by atoms with van der Waals surface area (Å²) < 4.78 is 16.0. The molecule has 1 aliphatic rings. The van der Waals surface area contributed by atoms with Gasteiger partial charge in [0.05, 0.1) is 25.4 Å². The van der Waals surface area contributed by atoms with E-state index in [0.29, 0.717) is 13.1 Å². The van der Waals surface area contributed by atoms with Crippen molar-refractivity contribution in [3.63, 3.8) is 0 Å². The number of anilines is 1. The SMILES string of the molecule is CCOC(=O)c1c(C)oc(NC(=O)CN2C[C@@H](C)O[C@@H](C)C2)c1C(N)=O. The zero-order valence-electron chi connectivity index (χ0n) is 15.5. The number of nitrogens with two attached hydrogens (primary N) is 1. The lowest BCUT2D eigenvalue weighted by molar-refractivity contribution is -0.121. The number of rotatable bonds is 6.